The Labute approximate surface area is 127 Å². The second kappa shape index (κ2) is 5.97. The van der Waals surface area contributed by atoms with E-state index in [1.165, 1.54) is 41.2 Å². The summed E-state index contributed by atoms with van der Waals surface area (Å²) in [4.78, 5) is 22.0. The van der Waals surface area contributed by atoms with Crippen LogP contribution in [0.1, 0.15) is 42.6 Å². The summed E-state index contributed by atoms with van der Waals surface area (Å²) in [6.45, 7) is 2.65. The van der Waals surface area contributed by atoms with E-state index in [9.17, 15) is 4.79 Å². The third kappa shape index (κ3) is 3.00. The predicted octanol–water partition coefficient (Wildman–Crippen LogP) is 2.24. The van der Waals surface area contributed by atoms with Crippen molar-refractivity contribution < 1.29 is 0 Å². The fraction of sp³-hybridized carbons (Fsp3) is 0.533. The summed E-state index contributed by atoms with van der Waals surface area (Å²) < 4.78 is 1.83. The van der Waals surface area contributed by atoms with Crippen molar-refractivity contribution in [2.45, 2.75) is 45.6 Å². The minimum Gasteiger partial charge on any atom is -0.384 e. The van der Waals surface area contributed by atoms with Gasteiger partial charge >= 0.3 is 4.87 Å². The Balaban J connectivity index is 1.86. The lowest BCUT2D eigenvalue weighted by Gasteiger charge is -2.22. The quantitative estimate of drug-likeness (QED) is 0.940. The summed E-state index contributed by atoms with van der Waals surface area (Å²) in [5.74, 6) is 1.78. The normalized spacial score (nSPS) is 17.7. The number of anilines is 1. The van der Waals surface area contributed by atoms with Gasteiger partial charge in [-0.1, -0.05) is 31.1 Å². The largest absolute Gasteiger partial charge is 0.384 e. The monoisotopic (exact) mass is 304 g/mol. The van der Waals surface area contributed by atoms with Crippen LogP contribution in [-0.2, 0) is 19.4 Å². The van der Waals surface area contributed by atoms with E-state index in [0.717, 1.165) is 18.8 Å². The standard InChI is InChI=1S/C15H20N4OS/c1-2-3-10-4-5-11-12(8-10)21-15(20)19(11)9-14-17-7-6-13(16)18-14/h6-7,10H,2-5,8-9H2,1H3,(H2,16,17,18). The van der Waals surface area contributed by atoms with E-state index in [2.05, 4.69) is 16.9 Å². The van der Waals surface area contributed by atoms with Gasteiger partial charge in [0.05, 0.1) is 6.54 Å². The van der Waals surface area contributed by atoms with Crippen LogP contribution in [0.15, 0.2) is 17.1 Å². The number of nitrogens with zero attached hydrogens (tertiary/aromatic N) is 3. The number of aromatic nitrogens is 3. The van der Waals surface area contributed by atoms with E-state index in [1.54, 1.807) is 12.3 Å². The maximum Gasteiger partial charge on any atom is 0.307 e. The molecule has 2 N–H and O–H groups in total. The molecule has 0 aliphatic heterocycles. The van der Waals surface area contributed by atoms with Gasteiger partial charge < -0.3 is 5.73 Å². The zero-order valence-electron chi connectivity index (χ0n) is 12.2. The molecule has 0 spiro atoms. The lowest BCUT2D eigenvalue weighted by molar-refractivity contribution is 0.416. The highest BCUT2D eigenvalue weighted by Gasteiger charge is 2.24. The zero-order valence-corrected chi connectivity index (χ0v) is 13.0. The van der Waals surface area contributed by atoms with Crippen molar-refractivity contribution in [3.63, 3.8) is 0 Å². The molecule has 1 atom stereocenters. The van der Waals surface area contributed by atoms with Crippen LogP contribution in [0, 0.1) is 5.92 Å². The molecular weight excluding hydrogens is 284 g/mol. The molecule has 1 aliphatic carbocycles. The number of rotatable bonds is 4. The van der Waals surface area contributed by atoms with Crippen LogP contribution >= 0.6 is 11.3 Å². The molecule has 21 heavy (non-hydrogen) atoms. The fourth-order valence-electron chi connectivity index (χ4n) is 3.07. The number of hydrogen-bond acceptors (Lipinski definition) is 5. The summed E-state index contributed by atoms with van der Waals surface area (Å²) in [6, 6.07) is 1.66. The Morgan fingerprint density at radius 3 is 3.14 bits per heavy atom. The number of nitrogen functional groups attached to an aromatic ring is 1. The van der Waals surface area contributed by atoms with Gasteiger partial charge in [0, 0.05) is 16.8 Å². The molecular formula is C15H20N4OS. The zero-order chi connectivity index (χ0) is 14.8. The van der Waals surface area contributed by atoms with Crippen molar-refractivity contribution in [2.24, 2.45) is 5.92 Å². The average Bonchev–Trinajstić information content (AvgIpc) is 2.75. The minimum absolute atomic E-state index is 0.100. The first-order valence-electron chi connectivity index (χ1n) is 7.46. The number of nitrogens with two attached hydrogens (primary N) is 1. The molecule has 0 saturated heterocycles. The molecule has 0 amide bonds. The van der Waals surface area contributed by atoms with Gasteiger partial charge in [0.15, 0.2) is 0 Å². The molecule has 2 aromatic heterocycles. The third-order valence-corrected chi connectivity index (χ3v) is 5.11. The first-order valence-corrected chi connectivity index (χ1v) is 8.27. The number of fused-ring (bicyclic) bond motifs is 1. The highest BCUT2D eigenvalue weighted by Crippen LogP contribution is 2.30. The molecule has 2 aromatic rings. The van der Waals surface area contributed by atoms with Gasteiger partial charge in [0.25, 0.3) is 0 Å². The van der Waals surface area contributed by atoms with Gasteiger partial charge in [-0.3, -0.25) is 9.36 Å². The van der Waals surface area contributed by atoms with E-state index in [-0.39, 0.29) is 4.87 Å². The molecule has 0 aromatic carbocycles. The van der Waals surface area contributed by atoms with E-state index >= 15 is 0 Å². The van der Waals surface area contributed by atoms with Gasteiger partial charge in [0.1, 0.15) is 11.6 Å². The van der Waals surface area contributed by atoms with Gasteiger partial charge in [-0.05, 0) is 31.2 Å². The van der Waals surface area contributed by atoms with E-state index in [4.69, 9.17) is 5.73 Å². The second-order valence-corrected chi connectivity index (χ2v) is 6.67. The molecule has 2 heterocycles. The maximum absolute atomic E-state index is 12.3. The van der Waals surface area contributed by atoms with Crippen LogP contribution in [0.3, 0.4) is 0 Å². The molecule has 5 nitrogen and oxygen atoms in total. The predicted molar refractivity (Wildman–Crippen MR) is 84.5 cm³/mol. The van der Waals surface area contributed by atoms with Crippen LogP contribution in [-0.4, -0.2) is 14.5 Å². The van der Waals surface area contributed by atoms with E-state index in [0.29, 0.717) is 18.2 Å². The van der Waals surface area contributed by atoms with Crippen molar-refractivity contribution in [3.8, 4) is 0 Å². The smallest absolute Gasteiger partial charge is 0.307 e. The fourth-order valence-corrected chi connectivity index (χ4v) is 4.21. The Morgan fingerprint density at radius 2 is 2.38 bits per heavy atom. The molecule has 1 unspecified atom stereocenters. The Kier molecular flexibility index (Phi) is 4.05. The molecule has 1 aliphatic rings. The van der Waals surface area contributed by atoms with Crippen molar-refractivity contribution in [1.29, 1.82) is 0 Å². The SMILES string of the molecule is CCCC1CCc2c(sc(=O)n2Cc2nccc(N)n2)C1. The summed E-state index contributed by atoms with van der Waals surface area (Å²) in [7, 11) is 0. The summed E-state index contributed by atoms with van der Waals surface area (Å²) in [6.07, 6.45) is 7.32. The lowest BCUT2D eigenvalue weighted by Crippen LogP contribution is -2.21. The third-order valence-electron chi connectivity index (χ3n) is 4.07. The molecule has 0 bridgehead atoms. The molecule has 6 heteroatoms. The van der Waals surface area contributed by atoms with Gasteiger partial charge in [-0.15, -0.1) is 0 Å². The molecule has 0 radical (unpaired) electrons. The van der Waals surface area contributed by atoms with Gasteiger partial charge in [0.2, 0.25) is 0 Å². The molecule has 0 fully saturated rings. The lowest BCUT2D eigenvalue weighted by atomic mass is 9.88. The maximum atomic E-state index is 12.3. The van der Waals surface area contributed by atoms with Crippen LogP contribution in [0.5, 0.6) is 0 Å². The van der Waals surface area contributed by atoms with Crippen molar-refractivity contribution in [2.75, 3.05) is 5.73 Å². The number of hydrogen-bond donors (Lipinski definition) is 1. The Bertz CT molecular complexity index is 691. The van der Waals surface area contributed by atoms with Crippen molar-refractivity contribution in [1.82, 2.24) is 14.5 Å². The Hall–Kier alpha value is -1.69. The molecule has 3 rings (SSSR count). The summed E-state index contributed by atoms with van der Waals surface area (Å²) in [5.41, 5.74) is 6.86. The summed E-state index contributed by atoms with van der Waals surface area (Å²) in [5, 5.41) is 0. The van der Waals surface area contributed by atoms with Gasteiger partial charge in [-0.2, -0.15) is 0 Å². The minimum atomic E-state index is 0.100. The topological polar surface area (TPSA) is 73.8 Å². The van der Waals surface area contributed by atoms with Crippen LogP contribution in [0.25, 0.3) is 0 Å². The average molecular weight is 304 g/mol. The van der Waals surface area contributed by atoms with Crippen molar-refractivity contribution >= 4 is 17.2 Å². The molecule has 0 saturated carbocycles. The highest BCUT2D eigenvalue weighted by molar-refractivity contribution is 7.09. The number of thiazole rings is 1. The van der Waals surface area contributed by atoms with Crippen molar-refractivity contribution in [3.05, 3.63) is 38.3 Å². The van der Waals surface area contributed by atoms with E-state index < -0.39 is 0 Å². The van der Waals surface area contributed by atoms with Crippen LogP contribution in [0.2, 0.25) is 0 Å². The van der Waals surface area contributed by atoms with Crippen LogP contribution < -0.4 is 10.6 Å². The summed E-state index contributed by atoms with van der Waals surface area (Å²) >= 11 is 1.39. The van der Waals surface area contributed by atoms with Crippen LogP contribution in [0.4, 0.5) is 5.82 Å². The van der Waals surface area contributed by atoms with E-state index in [1.807, 2.05) is 4.57 Å². The second-order valence-electron chi connectivity index (χ2n) is 5.62. The Morgan fingerprint density at radius 1 is 1.52 bits per heavy atom. The molecule has 112 valence electrons. The first kappa shape index (κ1) is 14.3. The highest BCUT2D eigenvalue weighted by atomic mass is 32.1. The first-order chi connectivity index (χ1) is 10.2. The van der Waals surface area contributed by atoms with Gasteiger partial charge in [-0.25, -0.2) is 9.97 Å².